The second-order valence-electron chi connectivity index (χ2n) is 7.78. The van der Waals surface area contributed by atoms with Crippen molar-refractivity contribution in [3.8, 4) is 11.5 Å². The molecule has 4 aromatic rings. The van der Waals surface area contributed by atoms with Gasteiger partial charge < -0.3 is 14.6 Å². The molecule has 35 heavy (non-hydrogen) atoms. The van der Waals surface area contributed by atoms with Crippen LogP contribution in [0.15, 0.2) is 72.3 Å². The number of carbonyl (C=O) groups is 2. The van der Waals surface area contributed by atoms with Crippen LogP contribution >= 0.6 is 11.3 Å². The highest BCUT2D eigenvalue weighted by atomic mass is 32.1. The fourth-order valence-corrected chi connectivity index (χ4v) is 5.04. The minimum atomic E-state index is -0.951. The maximum atomic E-state index is 13.5. The van der Waals surface area contributed by atoms with Crippen LogP contribution in [0, 0.1) is 5.82 Å². The summed E-state index contributed by atoms with van der Waals surface area (Å²) >= 11 is 1.23. The van der Waals surface area contributed by atoms with E-state index in [1.54, 1.807) is 49.6 Å². The smallest absolute Gasteiger partial charge is 0.301 e. The van der Waals surface area contributed by atoms with E-state index in [4.69, 9.17) is 9.47 Å². The number of amides is 1. The Balaban J connectivity index is 1.70. The Hall–Kier alpha value is -4.24. The lowest BCUT2D eigenvalue weighted by Gasteiger charge is -2.23. The molecule has 7 nitrogen and oxygen atoms in total. The number of aromatic nitrogens is 1. The van der Waals surface area contributed by atoms with Gasteiger partial charge in [-0.25, -0.2) is 9.37 Å². The summed E-state index contributed by atoms with van der Waals surface area (Å²) in [6.07, 6.45) is 0. The Morgan fingerprint density at radius 3 is 2.29 bits per heavy atom. The second-order valence-corrected chi connectivity index (χ2v) is 8.79. The number of fused-ring (bicyclic) bond motifs is 1. The minimum absolute atomic E-state index is 0.108. The van der Waals surface area contributed by atoms with Crippen LogP contribution in [0.3, 0.4) is 0 Å². The topological polar surface area (TPSA) is 89.0 Å². The average molecular weight is 491 g/mol. The molecule has 5 rings (SSSR count). The third-order valence-corrected chi connectivity index (χ3v) is 6.80. The van der Waals surface area contributed by atoms with Crippen molar-refractivity contribution < 1.29 is 28.6 Å². The molecule has 1 fully saturated rings. The zero-order valence-electron chi connectivity index (χ0n) is 18.7. The third-order valence-electron chi connectivity index (χ3n) is 5.78. The standard InChI is InChI=1S/C26H19FN2O5S/c1-33-17-9-5-14(6-10-17)22-21(23(30)15-3-7-16(27)8-4-15)24(31)25(32)29(22)26-28-19-12-11-18(34-2)13-20(19)35-26/h3-13,22,30H,1-2H3/b23-21+. The number of methoxy groups -OCH3 is 2. The molecule has 0 saturated carbocycles. The van der Waals surface area contributed by atoms with Gasteiger partial charge in [0.15, 0.2) is 5.13 Å². The first-order valence-electron chi connectivity index (χ1n) is 10.6. The van der Waals surface area contributed by atoms with Crippen LogP contribution < -0.4 is 14.4 Å². The highest BCUT2D eigenvalue weighted by Crippen LogP contribution is 2.44. The number of benzene rings is 3. The summed E-state index contributed by atoms with van der Waals surface area (Å²) in [7, 11) is 3.09. The summed E-state index contributed by atoms with van der Waals surface area (Å²) in [5, 5.41) is 11.4. The molecular formula is C26H19FN2O5S. The molecular weight excluding hydrogens is 471 g/mol. The van der Waals surface area contributed by atoms with Crippen molar-refractivity contribution in [1.29, 1.82) is 0 Å². The summed E-state index contributed by atoms with van der Waals surface area (Å²) < 4.78 is 24.7. The molecule has 1 N–H and O–H groups in total. The van der Waals surface area contributed by atoms with E-state index >= 15 is 0 Å². The lowest BCUT2D eigenvalue weighted by molar-refractivity contribution is -0.132. The Morgan fingerprint density at radius 1 is 0.971 bits per heavy atom. The van der Waals surface area contributed by atoms with Crippen LogP contribution in [0.2, 0.25) is 0 Å². The van der Waals surface area contributed by atoms with E-state index in [9.17, 15) is 19.1 Å². The second kappa shape index (κ2) is 8.84. The largest absolute Gasteiger partial charge is 0.507 e. The van der Waals surface area contributed by atoms with Crippen LogP contribution in [0.1, 0.15) is 17.2 Å². The molecule has 1 unspecified atom stereocenters. The van der Waals surface area contributed by atoms with Gasteiger partial charge in [-0.15, -0.1) is 0 Å². The van der Waals surface area contributed by atoms with E-state index in [2.05, 4.69) is 4.98 Å². The van der Waals surface area contributed by atoms with E-state index in [-0.39, 0.29) is 11.1 Å². The van der Waals surface area contributed by atoms with E-state index in [0.29, 0.717) is 27.7 Å². The fraction of sp³-hybridized carbons (Fsp3) is 0.115. The predicted octanol–water partition coefficient (Wildman–Crippen LogP) is 5.08. The number of thiazole rings is 1. The molecule has 3 aromatic carbocycles. The number of aliphatic hydroxyl groups excluding tert-OH is 1. The summed E-state index contributed by atoms with van der Waals surface area (Å²) in [5.41, 5.74) is 1.32. The van der Waals surface area contributed by atoms with Crippen LogP contribution in [-0.2, 0) is 9.59 Å². The summed E-state index contributed by atoms with van der Waals surface area (Å²) in [6, 6.07) is 16.3. The SMILES string of the molecule is COc1ccc(C2/C(=C(\O)c3ccc(F)cc3)C(=O)C(=O)N2c2nc3ccc(OC)cc3s2)cc1. The molecule has 9 heteroatoms. The number of aliphatic hydroxyl groups is 1. The number of ketones is 1. The van der Waals surface area contributed by atoms with Gasteiger partial charge in [-0.05, 0) is 60.2 Å². The van der Waals surface area contributed by atoms with Gasteiger partial charge in [0.05, 0.1) is 36.1 Å². The maximum Gasteiger partial charge on any atom is 0.301 e. The van der Waals surface area contributed by atoms with Gasteiger partial charge in [0.2, 0.25) is 0 Å². The third kappa shape index (κ3) is 3.89. The number of carbonyl (C=O) groups excluding carboxylic acids is 2. The van der Waals surface area contributed by atoms with Crippen LogP contribution in [0.4, 0.5) is 9.52 Å². The molecule has 176 valence electrons. The Labute approximate surface area is 203 Å². The molecule has 2 heterocycles. The van der Waals surface area contributed by atoms with Crippen molar-refractivity contribution in [3.63, 3.8) is 0 Å². The van der Waals surface area contributed by atoms with Crippen molar-refractivity contribution in [3.05, 3.63) is 89.2 Å². The van der Waals surface area contributed by atoms with Gasteiger partial charge in [0.1, 0.15) is 23.1 Å². The predicted molar refractivity (Wildman–Crippen MR) is 130 cm³/mol. The number of nitrogens with zero attached hydrogens (tertiary/aromatic N) is 2. The van der Waals surface area contributed by atoms with Gasteiger partial charge in [-0.2, -0.15) is 0 Å². The number of hydrogen-bond acceptors (Lipinski definition) is 7. The lowest BCUT2D eigenvalue weighted by atomic mass is 9.95. The van der Waals surface area contributed by atoms with E-state index in [1.807, 2.05) is 0 Å². The van der Waals surface area contributed by atoms with Crippen LogP contribution in [0.5, 0.6) is 11.5 Å². The van der Waals surface area contributed by atoms with Crippen molar-refractivity contribution in [1.82, 2.24) is 4.98 Å². The quantitative estimate of drug-likeness (QED) is 0.239. The first kappa shape index (κ1) is 22.5. The number of hydrogen-bond donors (Lipinski definition) is 1. The zero-order chi connectivity index (χ0) is 24.7. The molecule has 0 radical (unpaired) electrons. The molecule has 1 aliphatic rings. The fourth-order valence-electron chi connectivity index (χ4n) is 4.02. The number of rotatable bonds is 5. The zero-order valence-corrected chi connectivity index (χ0v) is 19.5. The van der Waals surface area contributed by atoms with Gasteiger partial charge >= 0.3 is 5.91 Å². The monoisotopic (exact) mass is 490 g/mol. The van der Waals surface area contributed by atoms with E-state index in [1.165, 1.54) is 47.6 Å². The first-order valence-corrected chi connectivity index (χ1v) is 11.4. The normalized spacial score (nSPS) is 17.2. The molecule has 1 aliphatic heterocycles. The number of Topliss-reactive ketones (excluding diaryl/α,β-unsaturated/α-hetero) is 1. The first-order chi connectivity index (χ1) is 16.9. The highest BCUT2D eigenvalue weighted by Gasteiger charge is 2.48. The van der Waals surface area contributed by atoms with Gasteiger partial charge in [-0.3, -0.25) is 14.5 Å². The number of anilines is 1. The van der Waals surface area contributed by atoms with Crippen molar-refractivity contribution in [2.45, 2.75) is 6.04 Å². The lowest BCUT2D eigenvalue weighted by Crippen LogP contribution is -2.29. The number of halogens is 1. The van der Waals surface area contributed by atoms with Crippen LogP contribution in [0.25, 0.3) is 16.0 Å². The number of ether oxygens (including phenoxy) is 2. The summed E-state index contributed by atoms with van der Waals surface area (Å²) in [5.74, 6) is -1.33. The molecule has 0 aliphatic carbocycles. The van der Waals surface area contributed by atoms with Gasteiger partial charge in [-0.1, -0.05) is 23.5 Å². The molecule has 1 amide bonds. The Kier molecular flexibility index (Phi) is 5.70. The van der Waals surface area contributed by atoms with Crippen molar-refractivity contribution >= 4 is 44.1 Å². The van der Waals surface area contributed by atoms with Gasteiger partial charge in [0.25, 0.3) is 5.78 Å². The summed E-state index contributed by atoms with van der Waals surface area (Å²) in [4.78, 5) is 32.4. The maximum absolute atomic E-state index is 13.5. The van der Waals surface area contributed by atoms with Gasteiger partial charge in [0, 0.05) is 5.56 Å². The Bertz CT molecular complexity index is 1480. The van der Waals surface area contributed by atoms with E-state index in [0.717, 1.165) is 4.70 Å². The molecule has 0 spiro atoms. The van der Waals surface area contributed by atoms with Crippen molar-refractivity contribution in [2.24, 2.45) is 0 Å². The van der Waals surface area contributed by atoms with Crippen LogP contribution in [-0.4, -0.2) is 36.0 Å². The average Bonchev–Trinajstić information content (AvgIpc) is 3.41. The molecule has 1 saturated heterocycles. The molecule has 1 atom stereocenters. The van der Waals surface area contributed by atoms with Crippen molar-refractivity contribution in [2.75, 3.05) is 19.1 Å². The molecule has 1 aromatic heterocycles. The Morgan fingerprint density at radius 2 is 1.63 bits per heavy atom. The molecule has 0 bridgehead atoms. The minimum Gasteiger partial charge on any atom is -0.507 e. The summed E-state index contributed by atoms with van der Waals surface area (Å²) in [6.45, 7) is 0. The van der Waals surface area contributed by atoms with E-state index < -0.39 is 29.3 Å². The highest BCUT2D eigenvalue weighted by molar-refractivity contribution is 7.22.